The van der Waals surface area contributed by atoms with Crippen molar-refractivity contribution in [3.8, 4) is 22.3 Å². The average Bonchev–Trinajstić information content (AvgIpc) is 3.64. The van der Waals surface area contributed by atoms with E-state index >= 15 is 0 Å². The molecule has 0 heterocycles. The predicted molar refractivity (Wildman–Crippen MR) is 333 cm³/mol. The monoisotopic (exact) mass is 1010 g/mol. The van der Waals surface area contributed by atoms with Crippen LogP contribution >= 0.6 is 0 Å². The van der Waals surface area contributed by atoms with Crippen molar-refractivity contribution >= 4 is 44.6 Å². The molecule has 4 aliphatic rings. The SMILES string of the molecule is CC1CC(c2ccccc2N(c2ccc3c(c2)C(C)(C)C2=C3C=CCC2)c2ccccc2-c2cccc3cccc(-c4cc(C(C)(C)C)cc(C(C)(C)C)c4)c23)=CC2=C1c1ccccc1C2(c1ccccc1)c1ccccc1. The fraction of sp³-hybridized carbons (Fsp3) is 0.221. The summed E-state index contributed by atoms with van der Waals surface area (Å²) in [6.07, 6.45) is 10.5. The molecule has 0 spiro atoms. The zero-order valence-corrected chi connectivity index (χ0v) is 47.0. The van der Waals surface area contributed by atoms with Crippen LogP contribution in [0.15, 0.2) is 236 Å². The first-order valence-electron chi connectivity index (χ1n) is 28.5. The van der Waals surface area contributed by atoms with Gasteiger partial charge >= 0.3 is 0 Å². The van der Waals surface area contributed by atoms with Gasteiger partial charge in [-0.2, -0.15) is 0 Å². The van der Waals surface area contributed by atoms with Gasteiger partial charge in [0.15, 0.2) is 0 Å². The summed E-state index contributed by atoms with van der Waals surface area (Å²) < 4.78 is 0. The number of rotatable bonds is 8. The molecule has 0 radical (unpaired) electrons. The third-order valence-corrected chi connectivity index (χ3v) is 18.0. The van der Waals surface area contributed by atoms with E-state index in [0.717, 1.165) is 24.9 Å². The summed E-state index contributed by atoms with van der Waals surface area (Å²) in [7, 11) is 0. The van der Waals surface area contributed by atoms with Gasteiger partial charge in [0.25, 0.3) is 0 Å². The van der Waals surface area contributed by atoms with E-state index in [1.54, 1.807) is 5.57 Å². The Bertz CT molecular complexity index is 3910. The third-order valence-electron chi connectivity index (χ3n) is 18.0. The van der Waals surface area contributed by atoms with Crippen molar-refractivity contribution in [1.29, 1.82) is 0 Å². The van der Waals surface area contributed by atoms with E-state index in [2.05, 4.69) is 292 Å². The first-order valence-corrected chi connectivity index (χ1v) is 28.5. The Morgan fingerprint density at radius 2 is 1.06 bits per heavy atom. The Balaban J connectivity index is 1.06. The van der Waals surface area contributed by atoms with E-state index in [0.29, 0.717) is 0 Å². The van der Waals surface area contributed by atoms with Crippen LogP contribution < -0.4 is 4.90 Å². The van der Waals surface area contributed by atoms with Crippen LogP contribution in [-0.4, -0.2) is 0 Å². The molecule has 0 saturated heterocycles. The number of benzene rings is 9. The van der Waals surface area contributed by atoms with Gasteiger partial charge in [-0.05, 0) is 155 Å². The van der Waals surface area contributed by atoms with Gasteiger partial charge in [-0.1, -0.05) is 268 Å². The highest BCUT2D eigenvalue weighted by Crippen LogP contribution is 2.61. The van der Waals surface area contributed by atoms with Crippen LogP contribution in [-0.2, 0) is 21.7 Å². The molecule has 0 aromatic heterocycles. The van der Waals surface area contributed by atoms with Crippen LogP contribution in [0.5, 0.6) is 0 Å². The quantitative estimate of drug-likeness (QED) is 0.147. The number of para-hydroxylation sites is 2. The summed E-state index contributed by atoms with van der Waals surface area (Å²) in [5.74, 6) is 0.264. The fourth-order valence-corrected chi connectivity index (χ4v) is 14.1. The largest absolute Gasteiger partial charge is 0.309 e. The molecule has 1 atom stereocenters. The molecule has 13 rings (SSSR count). The number of hydrogen-bond donors (Lipinski definition) is 0. The van der Waals surface area contributed by atoms with E-state index in [-0.39, 0.29) is 22.2 Å². The van der Waals surface area contributed by atoms with Gasteiger partial charge in [0.1, 0.15) is 0 Å². The summed E-state index contributed by atoms with van der Waals surface area (Å²) in [5, 5.41) is 2.50. The highest BCUT2D eigenvalue weighted by molar-refractivity contribution is 6.09. The summed E-state index contributed by atoms with van der Waals surface area (Å²) in [5.41, 5.74) is 27.0. The molecule has 9 aromatic carbocycles. The van der Waals surface area contributed by atoms with Gasteiger partial charge in [0.2, 0.25) is 0 Å². The van der Waals surface area contributed by atoms with Crippen molar-refractivity contribution in [3.05, 3.63) is 286 Å². The second-order valence-electron chi connectivity index (χ2n) is 25.2. The number of allylic oxidation sites excluding steroid dienone is 8. The van der Waals surface area contributed by atoms with Gasteiger partial charge in [0, 0.05) is 22.2 Å². The first kappa shape index (κ1) is 49.6. The molecule has 1 heteroatoms. The number of hydrogen-bond acceptors (Lipinski definition) is 1. The Morgan fingerprint density at radius 1 is 0.500 bits per heavy atom. The molecular weight excluding hydrogens is 939 g/mol. The molecule has 4 aliphatic carbocycles. The van der Waals surface area contributed by atoms with Gasteiger partial charge < -0.3 is 4.90 Å². The van der Waals surface area contributed by atoms with Crippen LogP contribution in [0.4, 0.5) is 17.1 Å². The summed E-state index contributed by atoms with van der Waals surface area (Å²) in [6.45, 7) is 21.4. The fourth-order valence-electron chi connectivity index (χ4n) is 14.1. The lowest BCUT2D eigenvalue weighted by molar-refractivity contribution is 0.569. The van der Waals surface area contributed by atoms with Crippen molar-refractivity contribution in [1.82, 2.24) is 0 Å². The second-order valence-corrected chi connectivity index (χ2v) is 25.2. The maximum atomic E-state index is 2.62. The smallest absolute Gasteiger partial charge is 0.0710 e. The summed E-state index contributed by atoms with van der Waals surface area (Å²) in [4.78, 5) is 2.62. The highest BCUT2D eigenvalue weighted by Gasteiger charge is 2.49. The predicted octanol–water partition coefficient (Wildman–Crippen LogP) is 20.9. The second kappa shape index (κ2) is 18.6. The van der Waals surface area contributed by atoms with E-state index < -0.39 is 5.41 Å². The number of nitrogens with zero attached hydrogens (tertiary/aromatic N) is 1. The normalized spacial score (nSPS) is 17.1. The molecule has 1 unspecified atom stereocenters. The van der Waals surface area contributed by atoms with Crippen molar-refractivity contribution in [2.24, 2.45) is 5.92 Å². The molecular formula is C77H71N. The van der Waals surface area contributed by atoms with Crippen molar-refractivity contribution in [2.45, 2.75) is 103 Å². The van der Waals surface area contributed by atoms with Crippen molar-refractivity contribution < 1.29 is 0 Å². The molecule has 0 fully saturated rings. The topological polar surface area (TPSA) is 3.24 Å². The zero-order valence-electron chi connectivity index (χ0n) is 47.0. The molecule has 9 aromatic rings. The zero-order chi connectivity index (χ0) is 53.7. The molecule has 384 valence electrons. The maximum absolute atomic E-state index is 2.62. The van der Waals surface area contributed by atoms with E-state index in [1.807, 2.05) is 0 Å². The van der Waals surface area contributed by atoms with E-state index in [4.69, 9.17) is 0 Å². The molecule has 78 heavy (non-hydrogen) atoms. The lowest BCUT2D eigenvalue weighted by Crippen LogP contribution is -2.30. The van der Waals surface area contributed by atoms with Crippen LogP contribution in [0.3, 0.4) is 0 Å². The van der Waals surface area contributed by atoms with Crippen molar-refractivity contribution in [2.75, 3.05) is 4.90 Å². The minimum Gasteiger partial charge on any atom is -0.309 e. The molecule has 0 saturated carbocycles. The lowest BCUT2D eigenvalue weighted by atomic mass is 9.65. The summed E-state index contributed by atoms with van der Waals surface area (Å²) in [6, 6.07) is 78.9. The number of anilines is 3. The Kier molecular flexibility index (Phi) is 11.8. The van der Waals surface area contributed by atoms with Crippen LogP contribution in [0.1, 0.15) is 132 Å². The van der Waals surface area contributed by atoms with Gasteiger partial charge in [-0.3, -0.25) is 0 Å². The summed E-state index contributed by atoms with van der Waals surface area (Å²) >= 11 is 0. The third kappa shape index (κ3) is 7.87. The molecule has 0 aliphatic heterocycles. The Morgan fingerprint density at radius 3 is 1.72 bits per heavy atom. The molecule has 0 bridgehead atoms. The maximum Gasteiger partial charge on any atom is 0.0710 e. The lowest BCUT2D eigenvalue weighted by Gasteiger charge is -2.37. The van der Waals surface area contributed by atoms with Crippen LogP contribution in [0.2, 0.25) is 0 Å². The van der Waals surface area contributed by atoms with Crippen LogP contribution in [0.25, 0.3) is 49.7 Å². The molecule has 0 amide bonds. The van der Waals surface area contributed by atoms with Gasteiger partial charge in [0.05, 0.1) is 16.8 Å². The van der Waals surface area contributed by atoms with Gasteiger partial charge in [-0.15, -0.1) is 0 Å². The van der Waals surface area contributed by atoms with E-state index in [9.17, 15) is 0 Å². The van der Waals surface area contributed by atoms with Crippen molar-refractivity contribution in [3.63, 3.8) is 0 Å². The minimum absolute atomic E-state index is 0.0184. The molecule has 1 nitrogen and oxygen atoms in total. The van der Waals surface area contributed by atoms with E-state index in [1.165, 1.54) is 117 Å². The van der Waals surface area contributed by atoms with Crippen LogP contribution in [0, 0.1) is 5.92 Å². The Hall–Kier alpha value is -8.00. The highest BCUT2D eigenvalue weighted by atomic mass is 15.1. The number of fused-ring (bicyclic) bond motifs is 5. The van der Waals surface area contributed by atoms with Gasteiger partial charge in [-0.25, -0.2) is 0 Å². The first-order chi connectivity index (χ1) is 37.6. The molecule has 0 N–H and O–H groups in total. The standard InChI is InChI=1S/C77H71N/c1-50-44-52(47-69-72(50)65-35-17-21-39-67(65)77(69,54-28-12-10-13-29-54)55-30-14-11-15-31-55)59-32-18-22-40-70(59)78(58-42-43-62-61-33-16-20-38-66(61)76(8,9)68(62)49-58)71-41-23-19-34-63(71)64-37-25-27-51-26-24-36-60(73(51)64)53-45-56(74(2,3)4)48-57(46-53)75(5,6)7/h10-19,21-37,39-43,45-50H,20,38,44H2,1-9H3. The minimum atomic E-state index is -0.492. The Labute approximate surface area is 464 Å². The average molecular weight is 1010 g/mol.